The fourth-order valence-corrected chi connectivity index (χ4v) is 4.31. The van der Waals surface area contributed by atoms with E-state index in [2.05, 4.69) is 24.0 Å². The van der Waals surface area contributed by atoms with Crippen molar-refractivity contribution in [2.24, 2.45) is 0 Å². The molecule has 0 unspecified atom stereocenters. The molecule has 6 heteroatoms. The quantitative estimate of drug-likeness (QED) is 0.805. The summed E-state index contributed by atoms with van der Waals surface area (Å²) in [6, 6.07) is 8.12. The molecular formula is C23H28N4O2. The highest BCUT2D eigenvalue weighted by Gasteiger charge is 2.35. The Kier molecular flexibility index (Phi) is 5.35. The van der Waals surface area contributed by atoms with Crippen LogP contribution in [0.4, 0.5) is 0 Å². The number of rotatable bonds is 3. The van der Waals surface area contributed by atoms with Gasteiger partial charge in [0.1, 0.15) is 0 Å². The number of nitrogens with zero attached hydrogens (tertiary/aromatic N) is 4. The van der Waals surface area contributed by atoms with E-state index in [4.69, 9.17) is 4.98 Å². The van der Waals surface area contributed by atoms with Crippen LogP contribution in [0.1, 0.15) is 66.9 Å². The standard InChI is InChI=1S/C23H28N4O2/c1-15-6-8-18(9-7-15)16(2)23(29)27-11-4-5-21(27)22-24-13-19-14-26(17(3)28)12-10-20(19)25-22/h6-9,13,16,21H,4-5,10-12,14H2,1-3H3/t16-,21+/m0/s1. The molecule has 1 saturated heterocycles. The van der Waals surface area contributed by atoms with Crippen LogP contribution >= 0.6 is 0 Å². The molecule has 6 nitrogen and oxygen atoms in total. The van der Waals surface area contributed by atoms with Crippen molar-refractivity contribution in [1.29, 1.82) is 0 Å². The number of aromatic nitrogens is 2. The lowest BCUT2D eigenvalue weighted by Crippen LogP contribution is -2.36. The Balaban J connectivity index is 1.53. The second-order valence-electron chi connectivity index (χ2n) is 8.21. The highest BCUT2D eigenvalue weighted by atomic mass is 16.2. The van der Waals surface area contributed by atoms with Crippen LogP contribution in [0.3, 0.4) is 0 Å². The van der Waals surface area contributed by atoms with Gasteiger partial charge in [-0.2, -0.15) is 0 Å². The number of amides is 2. The van der Waals surface area contributed by atoms with Crippen LogP contribution in [0.15, 0.2) is 30.5 Å². The molecule has 0 spiro atoms. The maximum absolute atomic E-state index is 13.2. The molecule has 2 amide bonds. The molecule has 1 fully saturated rings. The number of carbonyl (C=O) groups excluding carboxylic acids is 2. The van der Waals surface area contributed by atoms with Crippen LogP contribution in [-0.2, 0) is 22.6 Å². The molecule has 152 valence electrons. The lowest BCUT2D eigenvalue weighted by Gasteiger charge is -2.29. The highest BCUT2D eigenvalue weighted by molar-refractivity contribution is 5.84. The maximum Gasteiger partial charge on any atom is 0.230 e. The third-order valence-corrected chi connectivity index (χ3v) is 6.18. The van der Waals surface area contributed by atoms with Gasteiger partial charge in [-0.1, -0.05) is 29.8 Å². The monoisotopic (exact) mass is 392 g/mol. The largest absolute Gasteiger partial charge is 0.338 e. The lowest BCUT2D eigenvalue weighted by atomic mass is 9.98. The van der Waals surface area contributed by atoms with Crippen molar-refractivity contribution in [3.63, 3.8) is 0 Å². The predicted molar refractivity (Wildman–Crippen MR) is 110 cm³/mol. The zero-order chi connectivity index (χ0) is 20.5. The molecule has 4 rings (SSSR count). The molecule has 0 radical (unpaired) electrons. The first-order valence-corrected chi connectivity index (χ1v) is 10.4. The summed E-state index contributed by atoms with van der Waals surface area (Å²) in [5.41, 5.74) is 4.26. The molecule has 2 aliphatic rings. The highest BCUT2D eigenvalue weighted by Crippen LogP contribution is 2.33. The van der Waals surface area contributed by atoms with Gasteiger partial charge in [0.25, 0.3) is 0 Å². The molecule has 0 saturated carbocycles. The summed E-state index contributed by atoms with van der Waals surface area (Å²) >= 11 is 0. The number of likely N-dealkylation sites (tertiary alicyclic amines) is 1. The van der Waals surface area contributed by atoms with Gasteiger partial charge in [0.05, 0.1) is 17.7 Å². The summed E-state index contributed by atoms with van der Waals surface area (Å²) in [4.78, 5) is 38.1. The van der Waals surface area contributed by atoms with Crippen molar-refractivity contribution in [3.05, 3.63) is 58.7 Å². The van der Waals surface area contributed by atoms with Crippen molar-refractivity contribution < 1.29 is 9.59 Å². The zero-order valence-electron chi connectivity index (χ0n) is 17.4. The van der Waals surface area contributed by atoms with Crippen LogP contribution in [0.2, 0.25) is 0 Å². The Hall–Kier alpha value is -2.76. The second-order valence-corrected chi connectivity index (χ2v) is 8.21. The van der Waals surface area contributed by atoms with Gasteiger partial charge in [0.15, 0.2) is 5.82 Å². The number of hydrogen-bond acceptors (Lipinski definition) is 4. The topological polar surface area (TPSA) is 66.4 Å². The van der Waals surface area contributed by atoms with Crippen molar-refractivity contribution in [2.45, 2.75) is 58.5 Å². The van der Waals surface area contributed by atoms with E-state index < -0.39 is 0 Å². The van der Waals surface area contributed by atoms with Crippen molar-refractivity contribution in [2.75, 3.05) is 13.1 Å². The van der Waals surface area contributed by atoms with E-state index in [1.54, 1.807) is 6.92 Å². The normalized spacial score (nSPS) is 19.8. The summed E-state index contributed by atoms with van der Waals surface area (Å²) in [6.07, 6.45) is 4.45. The van der Waals surface area contributed by atoms with Gasteiger partial charge in [0.2, 0.25) is 11.8 Å². The Morgan fingerprint density at radius 2 is 1.93 bits per heavy atom. The van der Waals surface area contributed by atoms with E-state index in [9.17, 15) is 9.59 Å². The van der Waals surface area contributed by atoms with Crippen molar-refractivity contribution in [1.82, 2.24) is 19.8 Å². The first kappa shape index (κ1) is 19.6. The van der Waals surface area contributed by atoms with E-state index in [-0.39, 0.29) is 23.8 Å². The Labute approximate surface area is 172 Å². The van der Waals surface area contributed by atoms with E-state index in [1.165, 1.54) is 5.56 Å². The van der Waals surface area contributed by atoms with Gasteiger partial charge in [-0.05, 0) is 32.3 Å². The molecule has 0 aliphatic carbocycles. The number of benzene rings is 1. The maximum atomic E-state index is 13.2. The van der Waals surface area contributed by atoms with E-state index in [0.717, 1.165) is 48.5 Å². The van der Waals surface area contributed by atoms with E-state index in [0.29, 0.717) is 13.1 Å². The van der Waals surface area contributed by atoms with Crippen molar-refractivity contribution >= 4 is 11.8 Å². The molecule has 2 aliphatic heterocycles. The van der Waals surface area contributed by atoms with Crippen LogP contribution in [0, 0.1) is 6.92 Å². The summed E-state index contributed by atoms with van der Waals surface area (Å²) in [6.45, 7) is 7.64. The summed E-state index contributed by atoms with van der Waals surface area (Å²) in [5.74, 6) is 0.776. The Bertz CT molecular complexity index is 925. The molecule has 1 aromatic carbocycles. The van der Waals surface area contributed by atoms with Gasteiger partial charge in [-0.15, -0.1) is 0 Å². The minimum atomic E-state index is -0.182. The fraction of sp³-hybridized carbons (Fsp3) is 0.478. The van der Waals surface area contributed by atoms with Crippen LogP contribution in [-0.4, -0.2) is 44.7 Å². The van der Waals surface area contributed by atoms with E-state index >= 15 is 0 Å². The molecule has 29 heavy (non-hydrogen) atoms. The minimum absolute atomic E-state index is 0.0634. The third-order valence-electron chi connectivity index (χ3n) is 6.18. The zero-order valence-corrected chi connectivity index (χ0v) is 17.4. The summed E-state index contributed by atoms with van der Waals surface area (Å²) in [7, 11) is 0. The van der Waals surface area contributed by atoms with Crippen LogP contribution in [0.5, 0.6) is 0 Å². The van der Waals surface area contributed by atoms with E-state index in [1.807, 2.05) is 35.1 Å². The summed E-state index contributed by atoms with van der Waals surface area (Å²) < 4.78 is 0. The summed E-state index contributed by atoms with van der Waals surface area (Å²) in [5, 5.41) is 0. The fourth-order valence-electron chi connectivity index (χ4n) is 4.31. The molecule has 0 bridgehead atoms. The van der Waals surface area contributed by atoms with Gasteiger partial charge in [-0.25, -0.2) is 9.97 Å². The SMILES string of the molecule is CC(=O)N1CCc2nc([C@H]3CCCN3C(=O)[C@@H](C)c3ccc(C)cc3)ncc2C1. The average Bonchev–Trinajstić information content (AvgIpc) is 3.22. The minimum Gasteiger partial charge on any atom is -0.338 e. The molecule has 0 N–H and O–H groups in total. The molecule has 2 aromatic rings. The van der Waals surface area contributed by atoms with Crippen molar-refractivity contribution in [3.8, 4) is 0 Å². The number of aryl methyl sites for hydroxylation is 1. The smallest absolute Gasteiger partial charge is 0.230 e. The lowest BCUT2D eigenvalue weighted by molar-refractivity contribution is -0.133. The first-order chi connectivity index (χ1) is 13.9. The first-order valence-electron chi connectivity index (χ1n) is 10.4. The Morgan fingerprint density at radius 3 is 2.66 bits per heavy atom. The van der Waals surface area contributed by atoms with Gasteiger partial charge >= 0.3 is 0 Å². The third kappa shape index (κ3) is 3.88. The number of fused-ring (bicyclic) bond motifs is 1. The Morgan fingerprint density at radius 1 is 1.17 bits per heavy atom. The number of carbonyl (C=O) groups is 2. The van der Waals surface area contributed by atoms with Gasteiger partial charge in [-0.3, -0.25) is 9.59 Å². The van der Waals surface area contributed by atoms with Crippen LogP contribution in [0.25, 0.3) is 0 Å². The molecule has 3 heterocycles. The van der Waals surface area contributed by atoms with Gasteiger partial charge in [0, 0.05) is 44.7 Å². The molecule has 1 aromatic heterocycles. The molecule has 2 atom stereocenters. The van der Waals surface area contributed by atoms with Crippen LogP contribution < -0.4 is 0 Å². The predicted octanol–water partition coefficient (Wildman–Crippen LogP) is 3.16. The second kappa shape index (κ2) is 7.93. The molecular weight excluding hydrogens is 364 g/mol. The average molecular weight is 393 g/mol. The van der Waals surface area contributed by atoms with Gasteiger partial charge < -0.3 is 9.80 Å². The number of hydrogen-bond donors (Lipinski definition) is 0.